The number of aliphatic hydroxyl groups is 1. The summed E-state index contributed by atoms with van der Waals surface area (Å²) < 4.78 is 14.5. The maximum Gasteiger partial charge on any atom is 0.129 e. The molecule has 0 saturated carbocycles. The molecular formula is C13H17BrFNOS. The molecule has 1 aliphatic rings. The fraction of sp³-hybridized carbons (Fsp3) is 0.538. The summed E-state index contributed by atoms with van der Waals surface area (Å²) in [6.07, 6.45) is 0.806. The topological polar surface area (TPSA) is 32.3 Å². The monoisotopic (exact) mass is 333 g/mol. The van der Waals surface area contributed by atoms with Gasteiger partial charge >= 0.3 is 0 Å². The van der Waals surface area contributed by atoms with Crippen LogP contribution >= 0.6 is 27.7 Å². The van der Waals surface area contributed by atoms with Gasteiger partial charge in [0.2, 0.25) is 0 Å². The Morgan fingerprint density at radius 3 is 3.00 bits per heavy atom. The van der Waals surface area contributed by atoms with Crippen LogP contribution in [0.15, 0.2) is 22.7 Å². The molecule has 2 N–H and O–H groups in total. The van der Waals surface area contributed by atoms with E-state index in [-0.39, 0.29) is 11.9 Å². The molecule has 0 unspecified atom stereocenters. The zero-order valence-corrected chi connectivity index (χ0v) is 12.7. The number of hydrogen-bond acceptors (Lipinski definition) is 3. The Morgan fingerprint density at radius 1 is 1.61 bits per heavy atom. The number of benzene rings is 1. The van der Waals surface area contributed by atoms with Crippen LogP contribution < -0.4 is 5.32 Å². The quantitative estimate of drug-likeness (QED) is 0.887. The Hall–Kier alpha value is -0.100. The van der Waals surface area contributed by atoms with Gasteiger partial charge in [0.25, 0.3) is 0 Å². The SMILES string of the molecule is C[C@@H](NC[C@@]1(O)CCSC1)c1ccc(Br)cc1F. The first kappa shape index (κ1) is 14.3. The van der Waals surface area contributed by atoms with E-state index >= 15 is 0 Å². The van der Waals surface area contributed by atoms with Crippen LogP contribution in [0.4, 0.5) is 4.39 Å². The molecule has 0 radical (unpaired) electrons. The van der Waals surface area contributed by atoms with E-state index in [0.29, 0.717) is 12.1 Å². The predicted octanol–water partition coefficient (Wildman–Crippen LogP) is 3.11. The van der Waals surface area contributed by atoms with E-state index < -0.39 is 5.60 Å². The molecule has 1 saturated heterocycles. The molecule has 1 fully saturated rings. The van der Waals surface area contributed by atoms with Crippen molar-refractivity contribution in [3.8, 4) is 0 Å². The fourth-order valence-electron chi connectivity index (χ4n) is 2.04. The lowest BCUT2D eigenvalue weighted by Crippen LogP contribution is -2.41. The third-order valence-electron chi connectivity index (χ3n) is 3.25. The second-order valence-corrected chi connectivity index (χ2v) is 6.82. The average molecular weight is 334 g/mol. The van der Waals surface area contributed by atoms with Crippen LogP contribution in [0.3, 0.4) is 0 Å². The zero-order chi connectivity index (χ0) is 13.2. The summed E-state index contributed by atoms with van der Waals surface area (Å²) in [5.74, 6) is 1.53. The van der Waals surface area contributed by atoms with E-state index in [2.05, 4.69) is 21.2 Å². The molecule has 1 aromatic rings. The summed E-state index contributed by atoms with van der Waals surface area (Å²) >= 11 is 5.01. The molecule has 100 valence electrons. The Morgan fingerprint density at radius 2 is 2.39 bits per heavy atom. The summed E-state index contributed by atoms with van der Waals surface area (Å²) in [5.41, 5.74) is -0.00226. The lowest BCUT2D eigenvalue weighted by molar-refractivity contribution is 0.0650. The van der Waals surface area contributed by atoms with Gasteiger partial charge in [-0.15, -0.1) is 0 Å². The van der Waals surface area contributed by atoms with Crippen LogP contribution in [0.5, 0.6) is 0 Å². The Bertz CT molecular complexity index is 423. The van der Waals surface area contributed by atoms with Crippen LogP contribution in [0.25, 0.3) is 0 Å². The molecule has 5 heteroatoms. The van der Waals surface area contributed by atoms with E-state index in [1.54, 1.807) is 17.8 Å². The van der Waals surface area contributed by atoms with Crippen molar-refractivity contribution in [1.29, 1.82) is 0 Å². The minimum atomic E-state index is -0.634. The van der Waals surface area contributed by atoms with Gasteiger partial charge in [-0.25, -0.2) is 4.39 Å². The molecule has 1 heterocycles. The molecule has 1 aliphatic heterocycles. The van der Waals surface area contributed by atoms with Crippen molar-refractivity contribution in [3.05, 3.63) is 34.1 Å². The molecule has 2 nitrogen and oxygen atoms in total. The van der Waals surface area contributed by atoms with Crippen molar-refractivity contribution in [2.24, 2.45) is 0 Å². The molecule has 0 aromatic heterocycles. The standard InChI is InChI=1S/C13H17BrFNOS/c1-9(11-3-2-10(14)6-12(11)15)16-7-13(17)4-5-18-8-13/h2-3,6,9,16-17H,4-5,7-8H2,1H3/t9-,13+/m1/s1. The van der Waals surface area contributed by atoms with Crippen molar-refractivity contribution >= 4 is 27.7 Å². The van der Waals surface area contributed by atoms with Crippen LogP contribution in [-0.4, -0.2) is 28.8 Å². The van der Waals surface area contributed by atoms with Gasteiger partial charge in [-0.1, -0.05) is 22.0 Å². The van der Waals surface area contributed by atoms with Gasteiger partial charge in [-0.2, -0.15) is 11.8 Å². The molecule has 18 heavy (non-hydrogen) atoms. The smallest absolute Gasteiger partial charge is 0.129 e. The first-order valence-electron chi connectivity index (χ1n) is 5.99. The van der Waals surface area contributed by atoms with Gasteiger partial charge in [0.15, 0.2) is 0 Å². The van der Waals surface area contributed by atoms with Crippen LogP contribution in [0.2, 0.25) is 0 Å². The summed E-state index contributed by atoms with van der Waals surface area (Å²) in [6.45, 7) is 2.43. The van der Waals surface area contributed by atoms with Gasteiger partial charge in [0.05, 0.1) is 5.60 Å². The van der Waals surface area contributed by atoms with E-state index in [0.717, 1.165) is 22.4 Å². The highest BCUT2D eigenvalue weighted by atomic mass is 79.9. The van der Waals surface area contributed by atoms with Crippen molar-refractivity contribution in [2.45, 2.75) is 25.0 Å². The molecule has 0 amide bonds. The highest BCUT2D eigenvalue weighted by Gasteiger charge is 2.31. The molecule has 0 bridgehead atoms. The van der Waals surface area contributed by atoms with Gasteiger partial charge < -0.3 is 10.4 Å². The Balaban J connectivity index is 1.97. The van der Waals surface area contributed by atoms with Crippen LogP contribution in [0, 0.1) is 5.82 Å². The van der Waals surface area contributed by atoms with Crippen molar-refractivity contribution in [3.63, 3.8) is 0 Å². The summed E-state index contributed by atoms with van der Waals surface area (Å²) in [7, 11) is 0. The second kappa shape index (κ2) is 5.90. The highest BCUT2D eigenvalue weighted by Crippen LogP contribution is 2.28. The third-order valence-corrected chi connectivity index (χ3v) is 4.98. The van der Waals surface area contributed by atoms with Gasteiger partial charge in [0.1, 0.15) is 5.82 Å². The van der Waals surface area contributed by atoms with Gasteiger partial charge in [0, 0.05) is 28.4 Å². The number of thioether (sulfide) groups is 1. The predicted molar refractivity (Wildman–Crippen MR) is 77.4 cm³/mol. The number of nitrogens with one attached hydrogen (secondary N) is 1. The number of hydrogen-bond donors (Lipinski definition) is 2. The lowest BCUT2D eigenvalue weighted by Gasteiger charge is -2.25. The molecule has 0 aliphatic carbocycles. The average Bonchev–Trinajstić information content (AvgIpc) is 2.74. The molecule has 1 aromatic carbocycles. The van der Waals surface area contributed by atoms with Crippen molar-refractivity contribution < 1.29 is 9.50 Å². The number of rotatable bonds is 4. The highest BCUT2D eigenvalue weighted by molar-refractivity contribution is 9.10. The van der Waals surface area contributed by atoms with Crippen molar-refractivity contribution in [1.82, 2.24) is 5.32 Å². The second-order valence-electron chi connectivity index (χ2n) is 4.80. The van der Waals surface area contributed by atoms with E-state index in [1.165, 1.54) is 6.07 Å². The molecule has 2 atom stereocenters. The lowest BCUT2D eigenvalue weighted by atomic mass is 10.0. The van der Waals surface area contributed by atoms with E-state index in [9.17, 15) is 9.50 Å². The summed E-state index contributed by atoms with van der Waals surface area (Å²) in [4.78, 5) is 0. The fourth-order valence-corrected chi connectivity index (χ4v) is 3.67. The number of halogens is 2. The zero-order valence-electron chi connectivity index (χ0n) is 10.2. The van der Waals surface area contributed by atoms with E-state index in [1.807, 2.05) is 13.0 Å². The maximum absolute atomic E-state index is 13.8. The first-order valence-corrected chi connectivity index (χ1v) is 7.93. The summed E-state index contributed by atoms with van der Waals surface area (Å²) in [5, 5.41) is 13.4. The minimum absolute atomic E-state index is 0.104. The Kier molecular flexibility index (Phi) is 4.69. The first-order chi connectivity index (χ1) is 8.50. The van der Waals surface area contributed by atoms with Gasteiger partial charge in [-0.3, -0.25) is 0 Å². The molecular weight excluding hydrogens is 317 g/mol. The normalized spacial score (nSPS) is 25.3. The van der Waals surface area contributed by atoms with Crippen LogP contribution in [-0.2, 0) is 0 Å². The largest absolute Gasteiger partial charge is 0.388 e. The molecule has 2 rings (SSSR count). The molecule has 0 spiro atoms. The minimum Gasteiger partial charge on any atom is -0.388 e. The van der Waals surface area contributed by atoms with Crippen molar-refractivity contribution in [2.75, 3.05) is 18.1 Å². The maximum atomic E-state index is 13.8. The summed E-state index contributed by atoms with van der Waals surface area (Å²) in [6, 6.07) is 4.96. The Labute approximate surface area is 119 Å². The third kappa shape index (κ3) is 3.47. The van der Waals surface area contributed by atoms with Crippen LogP contribution in [0.1, 0.15) is 24.9 Å². The van der Waals surface area contributed by atoms with E-state index in [4.69, 9.17) is 0 Å². The van der Waals surface area contributed by atoms with Gasteiger partial charge in [-0.05, 0) is 31.2 Å².